The SMILES string of the molecule is CN=C(NCCN1CCN(C(C)=O)CC1)NCc1ccc(F)c(C)c1. The Morgan fingerprint density at radius 2 is 1.96 bits per heavy atom. The monoisotopic (exact) mass is 349 g/mol. The van der Waals surface area contributed by atoms with Gasteiger partial charge in [0.2, 0.25) is 5.91 Å². The molecule has 0 spiro atoms. The molecule has 7 heteroatoms. The predicted octanol–water partition coefficient (Wildman–Crippen LogP) is 0.963. The molecule has 6 nitrogen and oxygen atoms in total. The molecule has 1 fully saturated rings. The summed E-state index contributed by atoms with van der Waals surface area (Å²) in [4.78, 5) is 19.8. The van der Waals surface area contributed by atoms with Crippen molar-refractivity contribution >= 4 is 11.9 Å². The van der Waals surface area contributed by atoms with E-state index in [4.69, 9.17) is 0 Å². The first-order valence-corrected chi connectivity index (χ1v) is 8.67. The number of nitrogens with zero attached hydrogens (tertiary/aromatic N) is 3. The van der Waals surface area contributed by atoms with E-state index in [1.807, 2.05) is 11.0 Å². The first-order valence-electron chi connectivity index (χ1n) is 8.67. The summed E-state index contributed by atoms with van der Waals surface area (Å²) in [5.74, 6) is 0.693. The van der Waals surface area contributed by atoms with Crippen molar-refractivity contribution in [2.24, 2.45) is 4.99 Å². The van der Waals surface area contributed by atoms with E-state index >= 15 is 0 Å². The number of guanidine groups is 1. The maximum Gasteiger partial charge on any atom is 0.219 e. The van der Waals surface area contributed by atoms with Gasteiger partial charge in [-0.2, -0.15) is 0 Å². The number of hydrogen-bond donors (Lipinski definition) is 2. The zero-order valence-corrected chi connectivity index (χ0v) is 15.3. The lowest BCUT2D eigenvalue weighted by Gasteiger charge is -2.34. The number of piperazine rings is 1. The average molecular weight is 349 g/mol. The van der Waals surface area contributed by atoms with Crippen molar-refractivity contribution in [3.8, 4) is 0 Å². The number of aryl methyl sites for hydroxylation is 1. The maximum atomic E-state index is 13.3. The highest BCUT2D eigenvalue weighted by Crippen LogP contribution is 2.08. The van der Waals surface area contributed by atoms with E-state index in [2.05, 4.69) is 20.5 Å². The van der Waals surface area contributed by atoms with Gasteiger partial charge in [0.05, 0.1) is 0 Å². The molecule has 0 saturated carbocycles. The fourth-order valence-electron chi connectivity index (χ4n) is 2.84. The minimum atomic E-state index is -0.184. The molecule has 138 valence electrons. The van der Waals surface area contributed by atoms with Crippen LogP contribution < -0.4 is 10.6 Å². The molecule has 0 aromatic heterocycles. The summed E-state index contributed by atoms with van der Waals surface area (Å²) in [5, 5.41) is 6.53. The van der Waals surface area contributed by atoms with Gasteiger partial charge in [-0.05, 0) is 24.1 Å². The number of nitrogens with one attached hydrogen (secondary N) is 2. The van der Waals surface area contributed by atoms with E-state index in [1.54, 1.807) is 27.0 Å². The standard InChI is InChI=1S/C18H28FN5O/c1-14-12-16(4-5-17(14)19)13-22-18(20-3)21-6-7-23-8-10-24(11-9-23)15(2)25/h4-5,12H,6-11,13H2,1-3H3,(H2,20,21,22). The number of aliphatic imine (C=N–C) groups is 1. The topological polar surface area (TPSA) is 60.0 Å². The van der Waals surface area contributed by atoms with Crippen LogP contribution in [0, 0.1) is 12.7 Å². The van der Waals surface area contributed by atoms with Gasteiger partial charge in [-0.25, -0.2) is 4.39 Å². The third-order valence-electron chi connectivity index (χ3n) is 4.44. The van der Waals surface area contributed by atoms with Crippen LogP contribution in [0.2, 0.25) is 0 Å². The Balaban J connectivity index is 1.68. The first kappa shape index (κ1) is 19.2. The molecule has 0 radical (unpaired) electrons. The Hall–Kier alpha value is -2.15. The Kier molecular flexibility index (Phi) is 7.18. The number of halogens is 1. The fourth-order valence-corrected chi connectivity index (χ4v) is 2.84. The molecule has 2 N–H and O–H groups in total. The largest absolute Gasteiger partial charge is 0.355 e. The lowest BCUT2D eigenvalue weighted by Crippen LogP contribution is -2.50. The van der Waals surface area contributed by atoms with Gasteiger partial charge in [-0.15, -0.1) is 0 Å². The van der Waals surface area contributed by atoms with E-state index in [9.17, 15) is 9.18 Å². The average Bonchev–Trinajstić information content (AvgIpc) is 2.61. The normalized spacial score (nSPS) is 16.0. The van der Waals surface area contributed by atoms with Crippen LogP contribution >= 0.6 is 0 Å². The van der Waals surface area contributed by atoms with E-state index < -0.39 is 0 Å². The molecular formula is C18H28FN5O. The summed E-state index contributed by atoms with van der Waals surface area (Å²) < 4.78 is 13.3. The van der Waals surface area contributed by atoms with Crippen LogP contribution in [0.25, 0.3) is 0 Å². The van der Waals surface area contributed by atoms with Crippen molar-refractivity contribution in [3.05, 3.63) is 35.1 Å². The molecule has 1 heterocycles. The summed E-state index contributed by atoms with van der Waals surface area (Å²) >= 11 is 0. The minimum absolute atomic E-state index is 0.151. The van der Waals surface area contributed by atoms with Crippen LogP contribution in [-0.2, 0) is 11.3 Å². The molecule has 1 aliphatic rings. The number of rotatable bonds is 5. The summed E-state index contributed by atoms with van der Waals surface area (Å²) in [5.41, 5.74) is 1.66. The van der Waals surface area contributed by atoms with Gasteiger partial charge in [0.25, 0.3) is 0 Å². The molecule has 1 saturated heterocycles. The molecule has 0 bridgehead atoms. The van der Waals surface area contributed by atoms with Gasteiger partial charge >= 0.3 is 0 Å². The highest BCUT2D eigenvalue weighted by molar-refractivity contribution is 5.79. The molecule has 0 atom stereocenters. The van der Waals surface area contributed by atoms with Crippen LogP contribution in [0.4, 0.5) is 4.39 Å². The quantitative estimate of drug-likeness (QED) is 0.614. The third kappa shape index (κ3) is 6.01. The van der Waals surface area contributed by atoms with Gasteiger partial charge in [-0.1, -0.05) is 12.1 Å². The van der Waals surface area contributed by atoms with Crippen molar-refractivity contribution in [1.82, 2.24) is 20.4 Å². The third-order valence-corrected chi connectivity index (χ3v) is 4.44. The van der Waals surface area contributed by atoms with Crippen LogP contribution in [0.1, 0.15) is 18.1 Å². The molecular weight excluding hydrogens is 321 g/mol. The maximum absolute atomic E-state index is 13.3. The summed E-state index contributed by atoms with van der Waals surface area (Å²) in [6, 6.07) is 5.10. The molecule has 1 aromatic rings. The van der Waals surface area contributed by atoms with Gasteiger partial charge in [0.1, 0.15) is 5.82 Å². The minimum Gasteiger partial charge on any atom is -0.355 e. The lowest BCUT2D eigenvalue weighted by atomic mass is 10.1. The van der Waals surface area contributed by atoms with Crippen LogP contribution in [0.3, 0.4) is 0 Å². The van der Waals surface area contributed by atoms with Crippen LogP contribution in [0.5, 0.6) is 0 Å². The molecule has 2 rings (SSSR count). The van der Waals surface area contributed by atoms with Crippen LogP contribution in [-0.4, -0.2) is 68.0 Å². The Bertz CT molecular complexity index is 611. The van der Waals surface area contributed by atoms with Crippen molar-refractivity contribution in [3.63, 3.8) is 0 Å². The van der Waals surface area contributed by atoms with E-state index in [-0.39, 0.29) is 11.7 Å². The van der Waals surface area contributed by atoms with E-state index in [1.165, 1.54) is 6.07 Å². The Morgan fingerprint density at radius 1 is 1.24 bits per heavy atom. The molecule has 25 heavy (non-hydrogen) atoms. The fraction of sp³-hybridized carbons (Fsp3) is 0.556. The number of carbonyl (C=O) groups is 1. The summed E-state index contributed by atoms with van der Waals surface area (Å²) in [6.45, 7) is 9.07. The Morgan fingerprint density at radius 3 is 2.56 bits per heavy atom. The number of carbonyl (C=O) groups excluding carboxylic acids is 1. The second-order valence-corrected chi connectivity index (χ2v) is 6.28. The summed E-state index contributed by atoms with van der Waals surface area (Å²) in [6.07, 6.45) is 0. The smallest absolute Gasteiger partial charge is 0.219 e. The molecule has 1 aromatic carbocycles. The van der Waals surface area contributed by atoms with Crippen LogP contribution in [0.15, 0.2) is 23.2 Å². The van der Waals surface area contributed by atoms with Gasteiger partial charge in [0, 0.05) is 59.8 Å². The van der Waals surface area contributed by atoms with Gasteiger partial charge < -0.3 is 15.5 Å². The summed E-state index contributed by atoms with van der Waals surface area (Å²) in [7, 11) is 1.73. The van der Waals surface area contributed by atoms with Gasteiger partial charge in [0.15, 0.2) is 5.96 Å². The zero-order chi connectivity index (χ0) is 18.2. The number of amides is 1. The van der Waals surface area contributed by atoms with E-state index in [0.717, 1.165) is 50.8 Å². The zero-order valence-electron chi connectivity index (χ0n) is 15.3. The number of hydrogen-bond acceptors (Lipinski definition) is 3. The van der Waals surface area contributed by atoms with Crippen molar-refractivity contribution in [2.45, 2.75) is 20.4 Å². The van der Waals surface area contributed by atoms with E-state index in [0.29, 0.717) is 12.1 Å². The second-order valence-electron chi connectivity index (χ2n) is 6.28. The number of benzene rings is 1. The second kappa shape index (κ2) is 9.36. The van der Waals surface area contributed by atoms with Crippen molar-refractivity contribution in [1.29, 1.82) is 0 Å². The molecule has 1 aliphatic heterocycles. The molecule has 0 aliphatic carbocycles. The van der Waals surface area contributed by atoms with Gasteiger partial charge in [-0.3, -0.25) is 14.7 Å². The van der Waals surface area contributed by atoms with Crippen molar-refractivity contribution in [2.75, 3.05) is 46.3 Å². The highest BCUT2D eigenvalue weighted by atomic mass is 19.1. The molecule has 0 unspecified atom stereocenters. The highest BCUT2D eigenvalue weighted by Gasteiger charge is 2.17. The molecule has 1 amide bonds. The Labute approximate surface area is 149 Å². The van der Waals surface area contributed by atoms with Crippen molar-refractivity contribution < 1.29 is 9.18 Å². The lowest BCUT2D eigenvalue weighted by molar-refractivity contribution is -0.130. The first-order chi connectivity index (χ1) is 12.0. The predicted molar refractivity (Wildman–Crippen MR) is 98.0 cm³/mol.